The van der Waals surface area contributed by atoms with Crippen LogP contribution < -0.4 is 4.72 Å². The van der Waals surface area contributed by atoms with Crippen molar-refractivity contribution in [2.75, 3.05) is 7.11 Å². The third kappa shape index (κ3) is 3.69. The van der Waals surface area contributed by atoms with Gasteiger partial charge in [-0.05, 0) is 25.1 Å². The van der Waals surface area contributed by atoms with Gasteiger partial charge in [-0.15, -0.1) is 0 Å². The second kappa shape index (κ2) is 6.21. The summed E-state index contributed by atoms with van der Waals surface area (Å²) in [5.41, 5.74) is -0.0137. The highest BCUT2D eigenvalue weighted by Gasteiger charge is 2.25. The molecule has 7 nitrogen and oxygen atoms in total. The number of sulfonamides is 1. The number of carboxylic acids is 1. The summed E-state index contributed by atoms with van der Waals surface area (Å²) in [5, 5.41) is 8.57. The maximum absolute atomic E-state index is 12.0. The van der Waals surface area contributed by atoms with Crippen LogP contribution in [0.2, 0.25) is 5.02 Å². The molecule has 0 aliphatic heterocycles. The summed E-state index contributed by atoms with van der Waals surface area (Å²) in [5.74, 6) is -2.07. The SMILES string of the molecule is COC(=O)c1ccc(Cl)c(S(=O)(=O)N[C@@H](C)C(=O)O)c1. The van der Waals surface area contributed by atoms with Gasteiger partial charge >= 0.3 is 11.9 Å². The number of carbonyl (C=O) groups is 2. The molecule has 0 bridgehead atoms. The van der Waals surface area contributed by atoms with Crippen LogP contribution in [0.1, 0.15) is 17.3 Å². The maximum atomic E-state index is 12.0. The third-order valence-electron chi connectivity index (χ3n) is 2.34. The molecule has 0 spiro atoms. The van der Waals surface area contributed by atoms with Crippen molar-refractivity contribution >= 4 is 33.6 Å². The lowest BCUT2D eigenvalue weighted by atomic mass is 10.2. The van der Waals surface area contributed by atoms with Crippen molar-refractivity contribution in [3.8, 4) is 0 Å². The van der Waals surface area contributed by atoms with Gasteiger partial charge in [-0.2, -0.15) is 4.72 Å². The molecule has 0 amide bonds. The molecule has 0 aliphatic carbocycles. The Morgan fingerprint density at radius 3 is 2.50 bits per heavy atom. The van der Waals surface area contributed by atoms with E-state index in [0.717, 1.165) is 20.1 Å². The molecule has 1 aromatic carbocycles. The largest absolute Gasteiger partial charge is 0.480 e. The Morgan fingerprint density at radius 1 is 1.40 bits per heavy atom. The van der Waals surface area contributed by atoms with Gasteiger partial charge in [-0.25, -0.2) is 13.2 Å². The normalized spacial score (nSPS) is 12.8. The molecule has 0 saturated carbocycles. The highest BCUT2D eigenvalue weighted by molar-refractivity contribution is 7.89. The van der Waals surface area contributed by atoms with Crippen molar-refractivity contribution in [1.82, 2.24) is 4.72 Å². The summed E-state index contributed by atoms with van der Waals surface area (Å²) in [6.07, 6.45) is 0. The van der Waals surface area contributed by atoms with Gasteiger partial charge in [0.2, 0.25) is 10.0 Å². The van der Waals surface area contributed by atoms with Gasteiger partial charge in [0.1, 0.15) is 10.9 Å². The average molecular weight is 322 g/mol. The number of hydrogen-bond donors (Lipinski definition) is 2. The van der Waals surface area contributed by atoms with Crippen LogP contribution in [0.25, 0.3) is 0 Å². The van der Waals surface area contributed by atoms with Crippen molar-refractivity contribution in [3.05, 3.63) is 28.8 Å². The number of benzene rings is 1. The van der Waals surface area contributed by atoms with Crippen molar-refractivity contribution in [2.45, 2.75) is 17.9 Å². The molecule has 110 valence electrons. The van der Waals surface area contributed by atoms with Gasteiger partial charge in [0.25, 0.3) is 0 Å². The van der Waals surface area contributed by atoms with E-state index < -0.39 is 32.9 Å². The molecule has 20 heavy (non-hydrogen) atoms. The molecule has 0 unspecified atom stereocenters. The monoisotopic (exact) mass is 321 g/mol. The summed E-state index contributed by atoms with van der Waals surface area (Å²) in [6.45, 7) is 1.16. The van der Waals surface area contributed by atoms with E-state index in [4.69, 9.17) is 16.7 Å². The van der Waals surface area contributed by atoms with Gasteiger partial charge in [0.05, 0.1) is 17.7 Å². The van der Waals surface area contributed by atoms with Crippen LogP contribution in [-0.2, 0) is 19.6 Å². The molecule has 1 aromatic rings. The summed E-state index contributed by atoms with van der Waals surface area (Å²) in [7, 11) is -3.02. The van der Waals surface area contributed by atoms with E-state index in [-0.39, 0.29) is 10.6 Å². The first-order valence-electron chi connectivity index (χ1n) is 5.32. The summed E-state index contributed by atoms with van der Waals surface area (Å²) < 4.78 is 30.4. The van der Waals surface area contributed by atoms with E-state index in [1.165, 1.54) is 12.1 Å². The van der Waals surface area contributed by atoms with E-state index in [1.54, 1.807) is 0 Å². The zero-order valence-corrected chi connectivity index (χ0v) is 12.2. The molecule has 0 radical (unpaired) electrons. The van der Waals surface area contributed by atoms with E-state index in [2.05, 4.69) is 4.74 Å². The Bertz CT molecular complexity index is 642. The van der Waals surface area contributed by atoms with E-state index in [0.29, 0.717) is 0 Å². The van der Waals surface area contributed by atoms with Crippen LogP contribution in [0.4, 0.5) is 0 Å². The molecular weight excluding hydrogens is 310 g/mol. The van der Waals surface area contributed by atoms with E-state index >= 15 is 0 Å². The molecule has 2 N–H and O–H groups in total. The van der Waals surface area contributed by atoms with Crippen LogP contribution in [-0.4, -0.2) is 38.6 Å². The quantitative estimate of drug-likeness (QED) is 0.779. The third-order valence-corrected chi connectivity index (χ3v) is 4.37. The molecule has 0 aromatic heterocycles. The second-order valence-corrected chi connectivity index (χ2v) is 5.91. The zero-order valence-electron chi connectivity index (χ0n) is 10.6. The zero-order chi connectivity index (χ0) is 15.5. The number of hydrogen-bond acceptors (Lipinski definition) is 5. The number of rotatable bonds is 5. The lowest BCUT2D eigenvalue weighted by molar-refractivity contribution is -0.138. The van der Waals surface area contributed by atoms with E-state index in [1.807, 2.05) is 4.72 Å². The van der Waals surface area contributed by atoms with E-state index in [9.17, 15) is 18.0 Å². The minimum Gasteiger partial charge on any atom is -0.480 e. The standard InChI is InChI=1S/C11H12ClNO6S/c1-6(10(14)15)13-20(17,18)9-5-7(11(16)19-2)3-4-8(9)12/h3-6,13H,1-2H3,(H,14,15)/t6-/m0/s1. The number of carbonyl (C=O) groups excluding carboxylic acids is 1. The fourth-order valence-corrected chi connectivity index (χ4v) is 3.02. The molecule has 0 fully saturated rings. The number of aliphatic carboxylic acids is 1. The fourth-order valence-electron chi connectivity index (χ4n) is 1.30. The van der Waals surface area contributed by atoms with Crippen molar-refractivity contribution in [1.29, 1.82) is 0 Å². The van der Waals surface area contributed by atoms with Gasteiger partial charge in [-0.3, -0.25) is 4.79 Å². The first-order valence-corrected chi connectivity index (χ1v) is 7.18. The Hall–Kier alpha value is -1.64. The van der Waals surface area contributed by atoms with Crippen LogP contribution >= 0.6 is 11.6 Å². The molecule has 0 heterocycles. The maximum Gasteiger partial charge on any atom is 0.337 e. The topological polar surface area (TPSA) is 110 Å². The minimum absolute atomic E-state index is 0.0137. The van der Waals surface area contributed by atoms with Crippen molar-refractivity contribution in [2.24, 2.45) is 0 Å². The molecule has 1 atom stereocenters. The van der Waals surface area contributed by atoms with Crippen LogP contribution in [0.15, 0.2) is 23.1 Å². The predicted molar refractivity (Wildman–Crippen MR) is 70.2 cm³/mol. The molecular formula is C11H12ClNO6S. The van der Waals surface area contributed by atoms with Gasteiger partial charge in [0.15, 0.2) is 0 Å². The van der Waals surface area contributed by atoms with Gasteiger partial charge in [0, 0.05) is 0 Å². The fraction of sp³-hybridized carbons (Fsp3) is 0.273. The Morgan fingerprint density at radius 2 is 2.00 bits per heavy atom. The summed E-state index contributed by atoms with van der Waals surface area (Å²) >= 11 is 5.77. The number of ether oxygens (including phenoxy) is 1. The predicted octanol–water partition coefficient (Wildman–Crippen LogP) is 0.878. The van der Waals surface area contributed by atoms with Gasteiger partial charge in [-0.1, -0.05) is 11.6 Å². The van der Waals surface area contributed by atoms with Crippen molar-refractivity contribution < 1.29 is 27.9 Å². The van der Waals surface area contributed by atoms with Crippen LogP contribution in [0.5, 0.6) is 0 Å². The smallest absolute Gasteiger partial charge is 0.337 e. The first-order chi connectivity index (χ1) is 9.19. The number of carboxylic acid groups (broad SMARTS) is 1. The highest BCUT2D eigenvalue weighted by atomic mass is 35.5. The lowest BCUT2D eigenvalue weighted by Crippen LogP contribution is -2.38. The number of halogens is 1. The number of methoxy groups -OCH3 is 1. The minimum atomic E-state index is -4.17. The molecule has 0 aliphatic rings. The van der Waals surface area contributed by atoms with Crippen molar-refractivity contribution in [3.63, 3.8) is 0 Å². The van der Waals surface area contributed by atoms with Crippen LogP contribution in [0, 0.1) is 0 Å². The Labute approximate surface area is 120 Å². The first kappa shape index (κ1) is 16.4. The number of esters is 1. The molecule has 1 rings (SSSR count). The lowest BCUT2D eigenvalue weighted by Gasteiger charge is -2.12. The Kier molecular flexibility index (Phi) is 5.09. The molecule has 0 saturated heterocycles. The number of nitrogens with one attached hydrogen (secondary N) is 1. The average Bonchev–Trinajstić information content (AvgIpc) is 2.37. The molecule has 9 heteroatoms. The summed E-state index contributed by atoms with van der Waals surface area (Å²) in [6, 6.07) is 2.20. The summed E-state index contributed by atoms with van der Waals surface area (Å²) in [4.78, 5) is 21.6. The highest BCUT2D eigenvalue weighted by Crippen LogP contribution is 2.23. The Balaban J connectivity index is 3.24. The second-order valence-electron chi connectivity index (χ2n) is 3.82. The van der Waals surface area contributed by atoms with Crippen LogP contribution in [0.3, 0.4) is 0 Å². The van der Waals surface area contributed by atoms with Gasteiger partial charge < -0.3 is 9.84 Å².